The molecule has 0 bridgehead atoms. The Balaban J connectivity index is 1.81. The van der Waals surface area contributed by atoms with Crippen molar-refractivity contribution in [2.75, 3.05) is 0 Å². The van der Waals surface area contributed by atoms with E-state index in [4.69, 9.17) is 18.0 Å². The second kappa shape index (κ2) is 8.35. The maximum absolute atomic E-state index is 12.4. The summed E-state index contributed by atoms with van der Waals surface area (Å²) in [6.45, 7) is 0.230. The third-order valence-corrected chi connectivity index (χ3v) is 4.28. The number of rotatable bonds is 5. The highest BCUT2D eigenvalue weighted by Gasteiger charge is 2.10. The number of hydrogen-bond acceptors (Lipinski definition) is 3. The van der Waals surface area contributed by atoms with Gasteiger partial charge in [0.2, 0.25) is 5.91 Å². The number of amides is 1. The zero-order valence-electron chi connectivity index (χ0n) is 14.4. The van der Waals surface area contributed by atoms with Crippen LogP contribution >= 0.6 is 11.6 Å². The summed E-state index contributed by atoms with van der Waals surface area (Å²) >= 11 is 6.07. The van der Waals surface area contributed by atoms with Crippen LogP contribution in [0.4, 0.5) is 0 Å². The first kappa shape index (κ1) is 18.4. The largest absolute Gasteiger partial charge is 0.347 e. The van der Waals surface area contributed by atoms with Gasteiger partial charge in [-0.25, -0.2) is 4.68 Å². The third-order valence-electron chi connectivity index (χ3n) is 3.93. The molecule has 1 amide bonds. The van der Waals surface area contributed by atoms with Gasteiger partial charge in [0, 0.05) is 16.5 Å². The van der Waals surface area contributed by atoms with E-state index in [1.807, 2.05) is 24.3 Å². The number of halogens is 1. The summed E-state index contributed by atoms with van der Waals surface area (Å²) in [6, 6.07) is 14.3. The Bertz CT molecular complexity index is 1130. The van der Waals surface area contributed by atoms with Crippen molar-refractivity contribution in [2.24, 2.45) is 0 Å². The number of fused-ring (bicyclic) bond motifs is 1. The maximum atomic E-state index is 12.4. The zero-order chi connectivity index (χ0) is 19.2. The van der Waals surface area contributed by atoms with Crippen molar-refractivity contribution in [1.82, 2.24) is 15.1 Å². The zero-order valence-corrected chi connectivity index (χ0v) is 15.1. The van der Waals surface area contributed by atoms with E-state index in [0.717, 1.165) is 5.56 Å². The van der Waals surface area contributed by atoms with Gasteiger partial charge < -0.3 is 5.32 Å². The quantitative estimate of drug-likeness (QED) is 0.549. The molecule has 1 heterocycles. The summed E-state index contributed by atoms with van der Waals surface area (Å²) in [5.41, 5.74) is 1.07. The molecule has 1 aromatic heterocycles. The molecule has 0 radical (unpaired) electrons. The second-order valence-electron chi connectivity index (χ2n) is 5.73. The van der Waals surface area contributed by atoms with Gasteiger partial charge in [0.25, 0.3) is 5.56 Å². The number of aromatic nitrogens is 2. The SMILES string of the molecule is C#CCn1nc(CNC(=O)/C=C/c2ccccc2Cl)c2ccccc2c1=O. The Morgan fingerprint density at radius 2 is 1.89 bits per heavy atom. The van der Waals surface area contributed by atoms with Crippen LogP contribution in [-0.2, 0) is 17.9 Å². The van der Waals surface area contributed by atoms with Crippen LogP contribution in [-0.4, -0.2) is 15.7 Å². The van der Waals surface area contributed by atoms with Gasteiger partial charge in [-0.1, -0.05) is 53.9 Å². The molecule has 0 fully saturated rings. The molecule has 3 rings (SSSR count). The summed E-state index contributed by atoms with van der Waals surface area (Å²) in [5.74, 6) is 2.12. The van der Waals surface area contributed by atoms with Gasteiger partial charge in [0.1, 0.15) is 6.54 Å². The van der Waals surface area contributed by atoms with E-state index in [0.29, 0.717) is 21.5 Å². The molecule has 0 saturated heterocycles. The molecule has 0 spiro atoms. The van der Waals surface area contributed by atoms with Gasteiger partial charge in [-0.15, -0.1) is 6.42 Å². The average molecular weight is 378 g/mol. The number of nitrogens with one attached hydrogen (secondary N) is 1. The fraction of sp³-hybridized carbons (Fsp3) is 0.0952. The molecule has 0 aliphatic rings. The first-order valence-electron chi connectivity index (χ1n) is 8.23. The number of nitrogens with zero attached hydrogens (tertiary/aromatic N) is 2. The van der Waals surface area contributed by atoms with Gasteiger partial charge >= 0.3 is 0 Å². The van der Waals surface area contributed by atoms with Crippen LogP contribution in [0.25, 0.3) is 16.8 Å². The highest BCUT2D eigenvalue weighted by Crippen LogP contribution is 2.16. The molecule has 3 aromatic rings. The molecule has 0 atom stereocenters. The minimum Gasteiger partial charge on any atom is -0.347 e. The van der Waals surface area contributed by atoms with Crippen LogP contribution in [0, 0.1) is 12.3 Å². The molecule has 2 aromatic carbocycles. The average Bonchev–Trinajstić information content (AvgIpc) is 2.68. The highest BCUT2D eigenvalue weighted by molar-refractivity contribution is 6.32. The Morgan fingerprint density at radius 3 is 2.63 bits per heavy atom. The molecule has 1 N–H and O–H groups in total. The van der Waals surface area contributed by atoms with E-state index in [1.54, 1.807) is 30.3 Å². The highest BCUT2D eigenvalue weighted by atomic mass is 35.5. The summed E-state index contributed by atoms with van der Waals surface area (Å²) in [5, 5.41) is 8.83. The van der Waals surface area contributed by atoms with E-state index in [-0.39, 0.29) is 24.6 Å². The van der Waals surface area contributed by atoms with Crippen LogP contribution in [0.2, 0.25) is 5.02 Å². The Hall–Kier alpha value is -3.36. The van der Waals surface area contributed by atoms with E-state index >= 15 is 0 Å². The van der Waals surface area contributed by atoms with Crippen molar-refractivity contribution in [3.8, 4) is 12.3 Å². The number of carbonyl (C=O) groups is 1. The van der Waals surface area contributed by atoms with Crippen molar-refractivity contribution in [3.05, 3.63) is 81.2 Å². The second-order valence-corrected chi connectivity index (χ2v) is 6.14. The fourth-order valence-electron chi connectivity index (χ4n) is 2.63. The van der Waals surface area contributed by atoms with E-state index in [2.05, 4.69) is 16.3 Å². The number of benzene rings is 2. The van der Waals surface area contributed by atoms with Crippen LogP contribution in [0.1, 0.15) is 11.3 Å². The summed E-state index contributed by atoms with van der Waals surface area (Å²) in [6.07, 6.45) is 8.36. The number of hydrogen-bond donors (Lipinski definition) is 1. The lowest BCUT2D eigenvalue weighted by atomic mass is 10.1. The van der Waals surface area contributed by atoms with Crippen LogP contribution in [0.5, 0.6) is 0 Å². The van der Waals surface area contributed by atoms with E-state index in [9.17, 15) is 9.59 Å². The normalized spacial score (nSPS) is 10.8. The van der Waals surface area contributed by atoms with E-state index in [1.165, 1.54) is 10.8 Å². The topological polar surface area (TPSA) is 64.0 Å². The van der Waals surface area contributed by atoms with Gasteiger partial charge in [0.05, 0.1) is 17.6 Å². The summed E-state index contributed by atoms with van der Waals surface area (Å²) in [7, 11) is 0. The van der Waals surface area contributed by atoms with Crippen LogP contribution in [0.3, 0.4) is 0 Å². The van der Waals surface area contributed by atoms with Gasteiger partial charge in [-0.3, -0.25) is 9.59 Å². The van der Waals surface area contributed by atoms with Crippen molar-refractivity contribution in [2.45, 2.75) is 13.1 Å². The molecule has 134 valence electrons. The van der Waals surface area contributed by atoms with Crippen molar-refractivity contribution < 1.29 is 4.79 Å². The third kappa shape index (κ3) is 4.25. The molecule has 6 heteroatoms. The van der Waals surface area contributed by atoms with Gasteiger partial charge in [-0.2, -0.15) is 5.10 Å². The molecule has 0 saturated carbocycles. The minimum absolute atomic E-state index is 0.0665. The monoisotopic (exact) mass is 377 g/mol. The Labute approximate surface area is 161 Å². The number of carbonyl (C=O) groups excluding carboxylic acids is 1. The molecule has 0 aliphatic heterocycles. The lowest BCUT2D eigenvalue weighted by Crippen LogP contribution is -2.27. The van der Waals surface area contributed by atoms with Crippen molar-refractivity contribution in [3.63, 3.8) is 0 Å². The first-order chi connectivity index (χ1) is 13.1. The predicted octanol–water partition coefficient (Wildman–Crippen LogP) is 3.01. The first-order valence-corrected chi connectivity index (χ1v) is 8.60. The lowest BCUT2D eigenvalue weighted by molar-refractivity contribution is -0.116. The Kier molecular flexibility index (Phi) is 5.70. The van der Waals surface area contributed by atoms with E-state index < -0.39 is 0 Å². The van der Waals surface area contributed by atoms with Crippen LogP contribution in [0.15, 0.2) is 59.4 Å². The molecule has 0 unspecified atom stereocenters. The van der Waals surface area contributed by atoms with Crippen molar-refractivity contribution >= 4 is 34.4 Å². The smallest absolute Gasteiger partial charge is 0.275 e. The van der Waals surface area contributed by atoms with Crippen LogP contribution < -0.4 is 10.9 Å². The molecule has 5 nitrogen and oxygen atoms in total. The summed E-state index contributed by atoms with van der Waals surface area (Å²) < 4.78 is 1.23. The van der Waals surface area contributed by atoms with Gasteiger partial charge in [-0.05, 0) is 23.8 Å². The maximum Gasteiger partial charge on any atom is 0.275 e. The Morgan fingerprint density at radius 1 is 1.19 bits per heavy atom. The summed E-state index contributed by atoms with van der Waals surface area (Å²) in [4.78, 5) is 24.5. The predicted molar refractivity (Wildman–Crippen MR) is 107 cm³/mol. The molecule has 0 aliphatic carbocycles. The molecular weight excluding hydrogens is 362 g/mol. The molecular formula is C21H16ClN3O2. The standard InChI is InChI=1S/C21H16ClN3O2/c1-2-13-25-21(27)17-9-5-4-8-16(17)19(24-25)14-23-20(26)12-11-15-7-3-6-10-18(15)22/h1,3-12H,13-14H2,(H,23,26)/b12-11+. The van der Waals surface area contributed by atoms with Gasteiger partial charge in [0.15, 0.2) is 0 Å². The fourth-order valence-corrected chi connectivity index (χ4v) is 2.83. The number of terminal acetylenes is 1. The lowest BCUT2D eigenvalue weighted by Gasteiger charge is -2.09. The van der Waals surface area contributed by atoms with Crippen molar-refractivity contribution in [1.29, 1.82) is 0 Å². The minimum atomic E-state index is -0.296. The molecule has 27 heavy (non-hydrogen) atoms.